The van der Waals surface area contributed by atoms with E-state index in [4.69, 9.17) is 17.0 Å². The summed E-state index contributed by atoms with van der Waals surface area (Å²) in [5.74, 6) is 1.31. The highest BCUT2D eigenvalue weighted by Crippen LogP contribution is 2.19. The molecule has 3 rings (SSSR count). The van der Waals surface area contributed by atoms with Crippen LogP contribution < -0.4 is 10.1 Å². The van der Waals surface area contributed by atoms with Gasteiger partial charge in [-0.15, -0.1) is 0 Å². The van der Waals surface area contributed by atoms with Crippen molar-refractivity contribution >= 4 is 39.8 Å². The van der Waals surface area contributed by atoms with Crippen molar-refractivity contribution in [2.45, 2.75) is 13.8 Å². The molecular formula is C19H17N3OS. The lowest BCUT2D eigenvalue weighted by Crippen LogP contribution is -2.17. The molecule has 0 aliphatic rings. The largest absolute Gasteiger partial charge is 0.432 e. The molecule has 24 heavy (non-hydrogen) atoms. The number of allylic oxidation sites excluding steroid dienone is 2. The monoisotopic (exact) mass is 335 g/mol. The Morgan fingerprint density at radius 3 is 2.67 bits per heavy atom. The zero-order valence-electron chi connectivity index (χ0n) is 13.5. The van der Waals surface area contributed by atoms with E-state index in [1.807, 2.05) is 74.7 Å². The fourth-order valence-corrected chi connectivity index (χ4v) is 2.38. The minimum Gasteiger partial charge on any atom is -0.432 e. The van der Waals surface area contributed by atoms with Crippen molar-refractivity contribution in [3.63, 3.8) is 0 Å². The fraction of sp³-hybridized carbons (Fsp3) is 0.105. The number of nitrogens with zero attached hydrogens (tertiary/aromatic N) is 2. The van der Waals surface area contributed by atoms with E-state index < -0.39 is 0 Å². The first kappa shape index (κ1) is 16.1. The van der Waals surface area contributed by atoms with E-state index in [1.165, 1.54) is 0 Å². The number of ether oxygens (including phenoxy) is 1. The van der Waals surface area contributed by atoms with Crippen LogP contribution in [0.25, 0.3) is 16.6 Å². The minimum atomic E-state index is 0.252. The Balaban J connectivity index is 1.80. The summed E-state index contributed by atoms with van der Waals surface area (Å²) in [6, 6.07) is 15.2. The summed E-state index contributed by atoms with van der Waals surface area (Å²) >= 11 is 5.23. The molecule has 0 unspecified atom stereocenters. The maximum absolute atomic E-state index is 5.57. The van der Waals surface area contributed by atoms with Crippen molar-refractivity contribution in [2.75, 3.05) is 5.32 Å². The van der Waals surface area contributed by atoms with Crippen LogP contribution in [0.2, 0.25) is 0 Å². The summed E-state index contributed by atoms with van der Waals surface area (Å²) in [7, 11) is 0. The van der Waals surface area contributed by atoms with Gasteiger partial charge < -0.3 is 10.1 Å². The van der Waals surface area contributed by atoms with Crippen molar-refractivity contribution in [3.05, 3.63) is 66.4 Å². The number of anilines is 1. The minimum absolute atomic E-state index is 0.252. The van der Waals surface area contributed by atoms with Crippen LogP contribution in [0.4, 0.5) is 5.82 Å². The number of hydrogen-bond acceptors (Lipinski definition) is 4. The summed E-state index contributed by atoms with van der Waals surface area (Å²) in [6.45, 7) is 4.05. The van der Waals surface area contributed by atoms with E-state index in [2.05, 4.69) is 15.3 Å². The number of fused-ring (bicyclic) bond motifs is 1. The predicted molar refractivity (Wildman–Crippen MR) is 102 cm³/mol. The summed E-state index contributed by atoms with van der Waals surface area (Å²) in [5.41, 5.74) is 3.86. The highest BCUT2D eigenvalue weighted by Gasteiger charge is 2.05. The highest BCUT2D eigenvalue weighted by molar-refractivity contribution is 7.80. The van der Waals surface area contributed by atoms with Gasteiger partial charge in [0.15, 0.2) is 0 Å². The molecule has 1 aromatic carbocycles. The summed E-state index contributed by atoms with van der Waals surface area (Å²) < 4.78 is 5.57. The van der Waals surface area contributed by atoms with Gasteiger partial charge in [0.25, 0.3) is 5.17 Å². The number of hydrogen-bond donors (Lipinski definition) is 1. The molecule has 0 amide bonds. The van der Waals surface area contributed by atoms with Gasteiger partial charge in [-0.3, -0.25) is 4.98 Å². The molecule has 0 atom stereocenters. The molecule has 0 radical (unpaired) electrons. The maximum Gasteiger partial charge on any atom is 0.267 e. The Morgan fingerprint density at radius 2 is 1.92 bits per heavy atom. The average Bonchev–Trinajstić information content (AvgIpc) is 2.61. The Morgan fingerprint density at radius 1 is 1.12 bits per heavy atom. The van der Waals surface area contributed by atoms with E-state index in [-0.39, 0.29) is 5.17 Å². The molecular weight excluding hydrogens is 318 g/mol. The number of aromatic nitrogens is 2. The Bertz CT molecular complexity index is 907. The molecule has 0 bridgehead atoms. The highest BCUT2D eigenvalue weighted by atomic mass is 32.1. The zero-order valence-corrected chi connectivity index (χ0v) is 14.3. The molecule has 0 spiro atoms. The third kappa shape index (κ3) is 3.75. The normalized spacial score (nSPS) is 11.3. The third-order valence-electron chi connectivity index (χ3n) is 3.61. The zero-order chi connectivity index (χ0) is 16.9. The number of pyridine rings is 2. The molecule has 0 saturated heterocycles. The Kier molecular flexibility index (Phi) is 4.82. The van der Waals surface area contributed by atoms with E-state index in [0.717, 1.165) is 22.2 Å². The van der Waals surface area contributed by atoms with Gasteiger partial charge in [0.05, 0.1) is 11.0 Å². The van der Waals surface area contributed by atoms with Crippen molar-refractivity contribution in [2.24, 2.45) is 0 Å². The van der Waals surface area contributed by atoms with Crippen molar-refractivity contribution in [3.8, 4) is 5.75 Å². The molecule has 4 nitrogen and oxygen atoms in total. The molecule has 1 N–H and O–H groups in total. The molecule has 2 heterocycles. The second kappa shape index (κ2) is 7.19. The molecule has 0 saturated carbocycles. The van der Waals surface area contributed by atoms with Gasteiger partial charge in [-0.25, -0.2) is 4.98 Å². The standard InChI is InChI=1S/C19H17N3OS/c1-3-13(2)14-11-17-16(20-12-14)9-10-18(21-17)22-19(24)23-15-7-5-4-6-8-15/h3-12H,1-2H3,(H,21,22,24)/b13-3+. The van der Waals surface area contributed by atoms with Gasteiger partial charge in [0.1, 0.15) is 11.6 Å². The molecule has 0 aliphatic heterocycles. The topological polar surface area (TPSA) is 47.0 Å². The molecule has 5 heteroatoms. The van der Waals surface area contributed by atoms with E-state index in [9.17, 15) is 0 Å². The van der Waals surface area contributed by atoms with Gasteiger partial charge >= 0.3 is 0 Å². The smallest absolute Gasteiger partial charge is 0.267 e. The van der Waals surface area contributed by atoms with Crippen molar-refractivity contribution in [1.29, 1.82) is 0 Å². The van der Waals surface area contributed by atoms with Gasteiger partial charge in [0.2, 0.25) is 0 Å². The molecule has 120 valence electrons. The second-order valence-electron chi connectivity index (χ2n) is 5.26. The van der Waals surface area contributed by atoms with E-state index in [0.29, 0.717) is 11.6 Å². The number of nitrogens with one attached hydrogen (secondary N) is 1. The molecule has 2 aromatic heterocycles. The number of thiocarbonyl (C=S) groups is 1. The average molecular weight is 335 g/mol. The SMILES string of the molecule is C/C=C(\C)c1cnc2ccc(NC(=S)Oc3ccccc3)nc2c1. The molecule has 3 aromatic rings. The lowest BCUT2D eigenvalue weighted by molar-refractivity contribution is 0.563. The lowest BCUT2D eigenvalue weighted by atomic mass is 10.1. The predicted octanol–water partition coefficient (Wildman–Crippen LogP) is 4.83. The number of benzene rings is 1. The maximum atomic E-state index is 5.57. The van der Waals surface area contributed by atoms with Crippen molar-refractivity contribution < 1.29 is 4.74 Å². The van der Waals surface area contributed by atoms with Crippen LogP contribution in [0.3, 0.4) is 0 Å². The van der Waals surface area contributed by atoms with Crippen LogP contribution >= 0.6 is 12.2 Å². The summed E-state index contributed by atoms with van der Waals surface area (Å²) in [6.07, 6.45) is 3.91. The van der Waals surface area contributed by atoms with Crippen LogP contribution in [-0.2, 0) is 0 Å². The van der Waals surface area contributed by atoms with Crippen molar-refractivity contribution in [1.82, 2.24) is 9.97 Å². The first-order valence-electron chi connectivity index (χ1n) is 7.59. The van der Waals surface area contributed by atoms with Gasteiger partial charge in [-0.05, 0) is 67.5 Å². The molecule has 0 aliphatic carbocycles. The van der Waals surface area contributed by atoms with E-state index in [1.54, 1.807) is 0 Å². The quantitative estimate of drug-likeness (QED) is 0.695. The van der Waals surface area contributed by atoms with Crippen LogP contribution in [0.15, 0.2) is 60.8 Å². The lowest BCUT2D eigenvalue weighted by Gasteiger charge is -2.09. The summed E-state index contributed by atoms with van der Waals surface area (Å²) in [5, 5.41) is 3.25. The number of rotatable bonds is 3. The Labute approximate surface area is 146 Å². The number of para-hydroxylation sites is 1. The first-order valence-corrected chi connectivity index (χ1v) is 8.00. The van der Waals surface area contributed by atoms with Crippen LogP contribution in [0, 0.1) is 0 Å². The van der Waals surface area contributed by atoms with Gasteiger partial charge in [-0.2, -0.15) is 0 Å². The molecule has 0 fully saturated rings. The Hall–Kier alpha value is -2.79. The summed E-state index contributed by atoms with van der Waals surface area (Å²) in [4.78, 5) is 9.01. The van der Waals surface area contributed by atoms with Crippen LogP contribution in [-0.4, -0.2) is 15.1 Å². The fourth-order valence-electron chi connectivity index (χ4n) is 2.18. The van der Waals surface area contributed by atoms with Gasteiger partial charge in [-0.1, -0.05) is 24.3 Å². The van der Waals surface area contributed by atoms with E-state index >= 15 is 0 Å². The van der Waals surface area contributed by atoms with Crippen LogP contribution in [0.5, 0.6) is 5.75 Å². The van der Waals surface area contributed by atoms with Crippen LogP contribution in [0.1, 0.15) is 19.4 Å². The first-order chi connectivity index (χ1) is 11.7. The van der Waals surface area contributed by atoms with Gasteiger partial charge in [0, 0.05) is 6.20 Å². The second-order valence-corrected chi connectivity index (χ2v) is 5.63. The third-order valence-corrected chi connectivity index (χ3v) is 3.79.